The first-order valence-corrected chi connectivity index (χ1v) is 10.5. The molecule has 1 aliphatic rings. The summed E-state index contributed by atoms with van der Waals surface area (Å²) in [6.07, 6.45) is 1.55. The minimum Gasteiger partial charge on any atom is -0.493 e. The lowest BCUT2D eigenvalue weighted by atomic mass is 9.96. The summed E-state index contributed by atoms with van der Waals surface area (Å²) in [5.74, 6) is -0.493. The molecule has 1 aromatic carbocycles. The van der Waals surface area contributed by atoms with Gasteiger partial charge in [0.25, 0.3) is 11.8 Å². The predicted octanol–water partition coefficient (Wildman–Crippen LogP) is 1.92. The van der Waals surface area contributed by atoms with Crippen LogP contribution in [-0.4, -0.2) is 81.8 Å². The number of esters is 1. The van der Waals surface area contributed by atoms with Gasteiger partial charge in [-0.3, -0.25) is 19.3 Å². The van der Waals surface area contributed by atoms with Crippen molar-refractivity contribution in [3.8, 4) is 17.2 Å². The number of hydrogen-bond acceptors (Lipinski definition) is 8. The van der Waals surface area contributed by atoms with Gasteiger partial charge in [-0.25, -0.2) is 0 Å². The normalized spacial score (nSPS) is 15.9. The van der Waals surface area contributed by atoms with Gasteiger partial charge < -0.3 is 28.6 Å². The molecule has 0 fully saturated rings. The molecule has 0 aliphatic carbocycles. The highest BCUT2D eigenvalue weighted by Crippen LogP contribution is 2.41. The molecular weight excluding hydrogens is 432 g/mol. The van der Waals surface area contributed by atoms with Crippen LogP contribution in [0.25, 0.3) is 5.70 Å². The third-order valence-electron chi connectivity index (χ3n) is 5.11. The second kappa shape index (κ2) is 11.6. The molecule has 0 saturated heterocycles. The first-order valence-electron chi connectivity index (χ1n) is 10.5. The molecule has 0 saturated carbocycles. The standard InChI is InChI=1S/C23H32N2O8/c1-8-33-20(27)12-24-16(15-9-17(30-5)22(32-7)18(10-15)31-6)11-25(19(26)13-29-4)21(14(2)3)23(24)28/h9-11,14,21H,8,12-13H2,1-7H3. The van der Waals surface area contributed by atoms with E-state index in [0.29, 0.717) is 28.5 Å². The maximum Gasteiger partial charge on any atom is 0.326 e. The van der Waals surface area contributed by atoms with Gasteiger partial charge in [0.15, 0.2) is 11.5 Å². The molecule has 1 atom stereocenters. The number of methoxy groups -OCH3 is 4. The zero-order valence-electron chi connectivity index (χ0n) is 20.2. The minimum absolute atomic E-state index is 0.177. The van der Waals surface area contributed by atoms with Crippen LogP contribution in [0.5, 0.6) is 17.2 Å². The highest BCUT2D eigenvalue weighted by molar-refractivity contribution is 5.99. The molecule has 0 N–H and O–H groups in total. The summed E-state index contributed by atoms with van der Waals surface area (Å²) in [5, 5.41) is 0. The number of hydrogen-bond donors (Lipinski definition) is 0. The van der Waals surface area contributed by atoms with Crippen molar-refractivity contribution in [3.05, 3.63) is 23.9 Å². The Hall–Kier alpha value is -3.27. The smallest absolute Gasteiger partial charge is 0.326 e. The summed E-state index contributed by atoms with van der Waals surface area (Å²) in [6.45, 7) is 5.01. The lowest BCUT2D eigenvalue weighted by molar-refractivity contribution is -0.151. The van der Waals surface area contributed by atoms with E-state index in [1.54, 1.807) is 25.3 Å². The number of ether oxygens (including phenoxy) is 5. The lowest BCUT2D eigenvalue weighted by Crippen LogP contribution is -2.56. The van der Waals surface area contributed by atoms with Crippen LogP contribution in [0.3, 0.4) is 0 Å². The van der Waals surface area contributed by atoms with Crippen molar-refractivity contribution < 1.29 is 38.1 Å². The molecule has 2 rings (SSSR count). The fourth-order valence-electron chi connectivity index (χ4n) is 3.67. The number of amides is 2. The van der Waals surface area contributed by atoms with Gasteiger partial charge >= 0.3 is 5.97 Å². The van der Waals surface area contributed by atoms with E-state index >= 15 is 0 Å². The van der Waals surface area contributed by atoms with Crippen molar-refractivity contribution in [2.24, 2.45) is 5.92 Å². The summed E-state index contributed by atoms with van der Waals surface area (Å²) >= 11 is 0. The van der Waals surface area contributed by atoms with E-state index in [2.05, 4.69) is 0 Å². The third-order valence-corrected chi connectivity index (χ3v) is 5.11. The number of carbonyl (C=O) groups excluding carboxylic acids is 3. The van der Waals surface area contributed by atoms with Gasteiger partial charge in [0, 0.05) is 18.9 Å². The number of carbonyl (C=O) groups is 3. The van der Waals surface area contributed by atoms with E-state index < -0.39 is 17.9 Å². The number of benzene rings is 1. The molecule has 10 heteroatoms. The van der Waals surface area contributed by atoms with E-state index in [9.17, 15) is 14.4 Å². The summed E-state index contributed by atoms with van der Waals surface area (Å²) in [5.41, 5.74) is 0.799. The maximum absolute atomic E-state index is 13.6. The van der Waals surface area contributed by atoms with Crippen LogP contribution >= 0.6 is 0 Å². The second-order valence-electron chi connectivity index (χ2n) is 7.58. The fourth-order valence-corrected chi connectivity index (χ4v) is 3.67. The molecule has 0 aromatic heterocycles. The average molecular weight is 465 g/mol. The molecular formula is C23H32N2O8. The maximum atomic E-state index is 13.6. The van der Waals surface area contributed by atoms with E-state index in [1.807, 2.05) is 13.8 Å². The summed E-state index contributed by atoms with van der Waals surface area (Å²) in [7, 11) is 5.84. The van der Waals surface area contributed by atoms with Crippen molar-refractivity contribution >= 4 is 23.5 Å². The largest absolute Gasteiger partial charge is 0.493 e. The quantitative estimate of drug-likeness (QED) is 0.484. The topological polar surface area (TPSA) is 104 Å². The average Bonchev–Trinajstić information content (AvgIpc) is 2.78. The Morgan fingerprint density at radius 2 is 1.64 bits per heavy atom. The molecule has 0 bridgehead atoms. The number of nitrogens with zero attached hydrogens (tertiary/aromatic N) is 2. The minimum atomic E-state index is -0.812. The molecule has 1 aromatic rings. The van der Waals surface area contributed by atoms with E-state index in [4.69, 9.17) is 23.7 Å². The van der Waals surface area contributed by atoms with Crippen LogP contribution < -0.4 is 14.2 Å². The Morgan fingerprint density at radius 3 is 2.09 bits per heavy atom. The van der Waals surface area contributed by atoms with Crippen molar-refractivity contribution in [2.75, 3.05) is 48.2 Å². The molecule has 0 spiro atoms. The summed E-state index contributed by atoms with van der Waals surface area (Å²) in [4.78, 5) is 41.5. The van der Waals surface area contributed by atoms with Crippen LogP contribution in [0.2, 0.25) is 0 Å². The van der Waals surface area contributed by atoms with Gasteiger partial charge in [0.1, 0.15) is 19.2 Å². The Bertz CT molecular complexity index is 887. The van der Waals surface area contributed by atoms with Gasteiger partial charge in [-0.1, -0.05) is 13.8 Å². The van der Waals surface area contributed by atoms with Crippen molar-refractivity contribution in [2.45, 2.75) is 26.8 Å². The van der Waals surface area contributed by atoms with E-state index in [-0.39, 0.29) is 31.6 Å². The Labute approximate surface area is 194 Å². The highest BCUT2D eigenvalue weighted by atomic mass is 16.5. The van der Waals surface area contributed by atoms with Crippen molar-refractivity contribution in [3.63, 3.8) is 0 Å². The zero-order chi connectivity index (χ0) is 24.7. The van der Waals surface area contributed by atoms with Crippen LogP contribution in [0, 0.1) is 5.92 Å². The van der Waals surface area contributed by atoms with Crippen molar-refractivity contribution in [1.82, 2.24) is 9.80 Å². The monoisotopic (exact) mass is 464 g/mol. The molecule has 1 unspecified atom stereocenters. The van der Waals surface area contributed by atoms with Crippen molar-refractivity contribution in [1.29, 1.82) is 0 Å². The Balaban J connectivity index is 2.73. The first kappa shape index (κ1) is 26.0. The molecule has 0 radical (unpaired) electrons. The van der Waals surface area contributed by atoms with Gasteiger partial charge in [-0.05, 0) is 25.0 Å². The van der Waals surface area contributed by atoms with Gasteiger partial charge in [-0.15, -0.1) is 0 Å². The fraction of sp³-hybridized carbons (Fsp3) is 0.522. The van der Waals surface area contributed by atoms with Crippen LogP contribution in [-0.2, 0) is 23.9 Å². The van der Waals surface area contributed by atoms with Gasteiger partial charge in [0.05, 0.1) is 33.6 Å². The molecule has 10 nitrogen and oxygen atoms in total. The highest BCUT2D eigenvalue weighted by Gasteiger charge is 2.41. The van der Waals surface area contributed by atoms with Crippen LogP contribution in [0.15, 0.2) is 18.3 Å². The first-order chi connectivity index (χ1) is 15.7. The second-order valence-corrected chi connectivity index (χ2v) is 7.58. The molecule has 33 heavy (non-hydrogen) atoms. The van der Waals surface area contributed by atoms with E-state index in [0.717, 1.165) is 0 Å². The third kappa shape index (κ3) is 5.57. The lowest BCUT2D eigenvalue weighted by Gasteiger charge is -2.40. The van der Waals surface area contributed by atoms with Crippen LogP contribution in [0.1, 0.15) is 26.3 Å². The zero-order valence-corrected chi connectivity index (χ0v) is 20.2. The summed E-state index contributed by atoms with van der Waals surface area (Å²) in [6, 6.07) is 2.48. The Kier molecular flexibility index (Phi) is 9.10. The number of rotatable bonds is 10. The molecule has 1 aliphatic heterocycles. The van der Waals surface area contributed by atoms with Gasteiger partial charge in [0.2, 0.25) is 5.75 Å². The van der Waals surface area contributed by atoms with Gasteiger partial charge in [-0.2, -0.15) is 0 Å². The molecule has 1 heterocycles. The SMILES string of the molecule is CCOC(=O)CN1C(=O)C(C(C)C)N(C(=O)COC)C=C1c1cc(OC)c(OC)c(OC)c1. The summed E-state index contributed by atoms with van der Waals surface area (Å²) < 4.78 is 26.3. The molecule has 2 amide bonds. The molecule has 182 valence electrons. The predicted molar refractivity (Wildman–Crippen MR) is 120 cm³/mol. The Morgan fingerprint density at radius 1 is 1.03 bits per heavy atom. The van der Waals surface area contributed by atoms with Crippen LogP contribution in [0.4, 0.5) is 0 Å². The van der Waals surface area contributed by atoms with E-state index in [1.165, 1.54) is 38.2 Å².